The van der Waals surface area contributed by atoms with Crippen LogP contribution >= 0.6 is 0 Å². The fourth-order valence-electron chi connectivity index (χ4n) is 2.68. The van der Waals surface area contributed by atoms with Crippen LogP contribution in [-0.2, 0) is 11.3 Å². The van der Waals surface area contributed by atoms with Crippen molar-refractivity contribution in [2.24, 2.45) is 0 Å². The molecule has 1 aromatic carbocycles. The summed E-state index contributed by atoms with van der Waals surface area (Å²) in [6.45, 7) is 0.0474. The van der Waals surface area contributed by atoms with Crippen LogP contribution in [0.3, 0.4) is 0 Å². The van der Waals surface area contributed by atoms with Gasteiger partial charge >= 0.3 is 11.7 Å². The van der Waals surface area contributed by atoms with E-state index in [-0.39, 0.29) is 12.4 Å². The van der Waals surface area contributed by atoms with Crippen molar-refractivity contribution in [1.29, 1.82) is 0 Å². The van der Waals surface area contributed by atoms with Gasteiger partial charge in [-0.2, -0.15) is 4.68 Å². The topological polar surface area (TPSA) is 91.6 Å². The van der Waals surface area contributed by atoms with Crippen LogP contribution in [0, 0.1) is 5.82 Å². The van der Waals surface area contributed by atoms with Crippen LogP contribution < -0.4 is 5.76 Å². The van der Waals surface area contributed by atoms with Gasteiger partial charge in [-0.05, 0) is 36.4 Å². The Morgan fingerprint density at radius 2 is 2.04 bits per heavy atom. The van der Waals surface area contributed by atoms with Crippen molar-refractivity contribution in [2.45, 2.75) is 6.54 Å². The highest BCUT2D eigenvalue weighted by molar-refractivity contribution is 5.95. The monoisotopic (exact) mass is 368 g/mol. The van der Waals surface area contributed by atoms with Gasteiger partial charge in [0.05, 0.1) is 19.3 Å². The van der Waals surface area contributed by atoms with Gasteiger partial charge in [-0.1, -0.05) is 0 Å². The number of halogens is 1. The van der Waals surface area contributed by atoms with Gasteiger partial charge in [0.15, 0.2) is 5.65 Å². The summed E-state index contributed by atoms with van der Waals surface area (Å²) in [5, 5.41) is 4.12. The highest BCUT2D eigenvalue weighted by atomic mass is 19.1. The summed E-state index contributed by atoms with van der Waals surface area (Å²) in [4.78, 5) is 28.3. The van der Waals surface area contributed by atoms with Gasteiger partial charge in [-0.15, -0.1) is 5.10 Å². The zero-order valence-electron chi connectivity index (χ0n) is 14.1. The standard InChI is InChI=1S/C18H13FN4O4/c1-26-17(24)14-3-2-8-22-9-13(20-15(14)22)10-23-18(25)27-16(21-23)11-4-6-12(19)7-5-11/h2-9H,10H2,1H3. The predicted octanol–water partition coefficient (Wildman–Crippen LogP) is 2.12. The van der Waals surface area contributed by atoms with E-state index in [1.54, 1.807) is 28.9 Å². The van der Waals surface area contributed by atoms with Crippen molar-refractivity contribution in [1.82, 2.24) is 19.2 Å². The summed E-state index contributed by atoms with van der Waals surface area (Å²) in [5.74, 6) is -1.49. The molecule has 0 atom stereocenters. The molecule has 27 heavy (non-hydrogen) atoms. The largest absolute Gasteiger partial charge is 0.465 e. The number of rotatable bonds is 4. The molecule has 0 bridgehead atoms. The number of esters is 1. The molecule has 8 nitrogen and oxygen atoms in total. The van der Waals surface area contributed by atoms with Crippen LogP contribution in [0.25, 0.3) is 17.1 Å². The first-order chi connectivity index (χ1) is 13.0. The van der Waals surface area contributed by atoms with Crippen molar-refractivity contribution in [3.63, 3.8) is 0 Å². The second kappa shape index (κ2) is 6.52. The maximum atomic E-state index is 13.0. The molecule has 136 valence electrons. The van der Waals surface area contributed by atoms with E-state index in [0.717, 1.165) is 4.68 Å². The average molecular weight is 368 g/mol. The minimum Gasteiger partial charge on any atom is -0.465 e. The molecule has 9 heteroatoms. The quantitative estimate of drug-likeness (QED) is 0.513. The van der Waals surface area contributed by atoms with Crippen LogP contribution in [0.5, 0.6) is 0 Å². The van der Waals surface area contributed by atoms with Gasteiger partial charge in [0.1, 0.15) is 11.4 Å². The lowest BCUT2D eigenvalue weighted by molar-refractivity contribution is 0.0602. The first-order valence-corrected chi connectivity index (χ1v) is 7.94. The highest BCUT2D eigenvalue weighted by Crippen LogP contribution is 2.17. The molecule has 0 aliphatic carbocycles. The van der Waals surface area contributed by atoms with Crippen LogP contribution in [0.1, 0.15) is 16.1 Å². The molecule has 0 fully saturated rings. The Morgan fingerprint density at radius 1 is 1.26 bits per heavy atom. The molecule has 4 rings (SSSR count). The van der Waals surface area contributed by atoms with Gasteiger partial charge in [0, 0.05) is 18.0 Å². The molecule has 0 amide bonds. The number of nitrogens with zero attached hydrogens (tertiary/aromatic N) is 4. The van der Waals surface area contributed by atoms with E-state index < -0.39 is 17.5 Å². The van der Waals surface area contributed by atoms with Gasteiger partial charge in [-0.25, -0.2) is 19.0 Å². The van der Waals surface area contributed by atoms with Crippen molar-refractivity contribution < 1.29 is 18.3 Å². The first-order valence-electron chi connectivity index (χ1n) is 7.94. The average Bonchev–Trinajstić information content (AvgIpc) is 3.25. The van der Waals surface area contributed by atoms with Crippen LogP contribution in [0.4, 0.5) is 4.39 Å². The maximum Gasteiger partial charge on any atom is 0.437 e. The van der Waals surface area contributed by atoms with E-state index in [2.05, 4.69) is 10.1 Å². The molecular weight excluding hydrogens is 355 g/mol. The summed E-state index contributed by atoms with van der Waals surface area (Å²) in [6.07, 6.45) is 3.41. The molecule has 0 N–H and O–H groups in total. The Morgan fingerprint density at radius 3 is 2.78 bits per heavy atom. The molecule has 3 heterocycles. The third-order valence-corrected chi connectivity index (χ3v) is 3.95. The number of imidazole rings is 1. The lowest BCUT2D eigenvalue weighted by Crippen LogP contribution is -2.16. The molecule has 3 aromatic heterocycles. The number of aromatic nitrogens is 4. The molecule has 0 aliphatic rings. The lowest BCUT2D eigenvalue weighted by atomic mass is 10.2. The number of pyridine rings is 1. The molecule has 0 saturated heterocycles. The molecule has 0 unspecified atom stereocenters. The van der Waals surface area contributed by atoms with Gasteiger partial charge in [-0.3, -0.25) is 0 Å². The van der Waals surface area contributed by atoms with Crippen molar-refractivity contribution >= 4 is 11.6 Å². The Labute approximate surface area is 151 Å². The smallest absolute Gasteiger partial charge is 0.437 e. The van der Waals surface area contributed by atoms with E-state index in [0.29, 0.717) is 22.5 Å². The molecule has 0 aliphatic heterocycles. The zero-order chi connectivity index (χ0) is 19.0. The predicted molar refractivity (Wildman–Crippen MR) is 91.8 cm³/mol. The number of carbonyl (C=O) groups is 1. The summed E-state index contributed by atoms with van der Waals surface area (Å²) in [7, 11) is 1.29. The fourth-order valence-corrected chi connectivity index (χ4v) is 2.68. The lowest BCUT2D eigenvalue weighted by Gasteiger charge is -2.00. The number of ether oxygens (including phenoxy) is 1. The van der Waals surface area contributed by atoms with Crippen molar-refractivity contribution in [2.75, 3.05) is 7.11 Å². The Bertz CT molecular complexity index is 1190. The number of hydrogen-bond acceptors (Lipinski definition) is 6. The number of benzene rings is 1. The zero-order valence-corrected chi connectivity index (χ0v) is 14.1. The molecule has 0 spiro atoms. The minimum absolute atomic E-state index is 0.0474. The number of methoxy groups -OCH3 is 1. The number of carbonyl (C=O) groups excluding carboxylic acids is 1. The van der Waals surface area contributed by atoms with Crippen molar-refractivity contribution in [3.05, 3.63) is 76.4 Å². The van der Waals surface area contributed by atoms with E-state index in [1.807, 2.05) is 0 Å². The van der Waals surface area contributed by atoms with Gasteiger partial charge in [0.2, 0.25) is 5.89 Å². The molecule has 0 saturated carbocycles. The van der Waals surface area contributed by atoms with E-state index in [4.69, 9.17) is 9.15 Å². The van der Waals surface area contributed by atoms with E-state index >= 15 is 0 Å². The Hall–Kier alpha value is -3.75. The summed E-state index contributed by atoms with van der Waals surface area (Å²) < 4.78 is 25.7. The Kier molecular flexibility index (Phi) is 4.03. The van der Waals surface area contributed by atoms with Crippen LogP contribution in [0.2, 0.25) is 0 Å². The van der Waals surface area contributed by atoms with Gasteiger partial charge < -0.3 is 13.6 Å². The minimum atomic E-state index is -0.667. The fraction of sp³-hybridized carbons (Fsp3) is 0.111. The molecular formula is C18H13FN4O4. The maximum absolute atomic E-state index is 13.0. The van der Waals surface area contributed by atoms with Crippen LogP contribution in [-0.4, -0.2) is 32.2 Å². The third-order valence-electron chi connectivity index (χ3n) is 3.95. The number of hydrogen-bond donors (Lipinski definition) is 0. The third kappa shape index (κ3) is 3.10. The van der Waals surface area contributed by atoms with Crippen LogP contribution in [0.15, 0.2) is 58.0 Å². The second-order valence-electron chi connectivity index (χ2n) is 5.71. The normalized spacial score (nSPS) is 11.0. The van der Waals surface area contributed by atoms with Crippen molar-refractivity contribution in [3.8, 4) is 11.5 Å². The highest BCUT2D eigenvalue weighted by Gasteiger charge is 2.16. The van der Waals surface area contributed by atoms with E-state index in [9.17, 15) is 14.0 Å². The second-order valence-corrected chi connectivity index (χ2v) is 5.71. The summed E-state index contributed by atoms with van der Waals surface area (Å²) in [6, 6.07) is 8.75. The Balaban J connectivity index is 1.67. The SMILES string of the molecule is COC(=O)c1cccn2cc(Cn3nc(-c4ccc(F)cc4)oc3=O)nc12. The first kappa shape index (κ1) is 16.7. The summed E-state index contributed by atoms with van der Waals surface area (Å²) >= 11 is 0. The summed E-state index contributed by atoms with van der Waals surface area (Å²) in [5.41, 5.74) is 1.71. The van der Waals surface area contributed by atoms with Gasteiger partial charge in [0.25, 0.3) is 0 Å². The van der Waals surface area contributed by atoms with E-state index in [1.165, 1.54) is 31.4 Å². The number of fused-ring (bicyclic) bond motifs is 1. The molecule has 4 aromatic rings. The molecule has 0 radical (unpaired) electrons.